The van der Waals surface area contributed by atoms with Crippen molar-refractivity contribution in [3.8, 4) is 0 Å². The zero-order valence-electron chi connectivity index (χ0n) is 8.79. The molecule has 4 nitrogen and oxygen atoms in total. The van der Waals surface area contributed by atoms with E-state index in [2.05, 4.69) is 25.9 Å². The van der Waals surface area contributed by atoms with Gasteiger partial charge in [0.1, 0.15) is 5.82 Å². The lowest BCUT2D eigenvalue weighted by atomic mass is 9.94. The van der Waals surface area contributed by atoms with Crippen LogP contribution in [0, 0.1) is 6.92 Å². The number of nitrogens with one attached hydrogen (secondary N) is 1. The predicted molar refractivity (Wildman–Crippen MR) is 61.2 cm³/mol. The van der Waals surface area contributed by atoms with E-state index in [4.69, 9.17) is 9.15 Å². The average Bonchev–Trinajstić information content (AvgIpc) is 2.86. The molecule has 0 amide bonds. The molecule has 0 spiro atoms. The molecular formula is C11H11BrN2O2. The molecule has 1 unspecified atom stereocenters. The van der Waals surface area contributed by atoms with Gasteiger partial charge in [-0.15, -0.1) is 0 Å². The number of hydrogen-bond donors (Lipinski definition) is 1. The molecule has 16 heavy (non-hydrogen) atoms. The maximum Gasteiger partial charge on any atom is 0.174 e. The summed E-state index contributed by atoms with van der Waals surface area (Å²) in [6.07, 6.45) is 3.65. The molecule has 5 heteroatoms. The number of aromatic amines is 1. The molecule has 0 fully saturated rings. The van der Waals surface area contributed by atoms with E-state index in [1.165, 1.54) is 5.56 Å². The van der Waals surface area contributed by atoms with E-state index in [1.54, 1.807) is 6.26 Å². The number of aryl methyl sites for hydroxylation is 1. The smallest absolute Gasteiger partial charge is 0.174 e. The fourth-order valence-corrected chi connectivity index (χ4v) is 2.48. The molecule has 84 valence electrons. The number of H-pyrrole nitrogens is 1. The lowest BCUT2D eigenvalue weighted by Crippen LogP contribution is -2.16. The van der Waals surface area contributed by atoms with E-state index in [0.717, 1.165) is 21.8 Å². The van der Waals surface area contributed by atoms with Gasteiger partial charge in [-0.05, 0) is 22.9 Å². The Hall–Kier alpha value is -1.07. The Kier molecular flexibility index (Phi) is 2.37. The summed E-state index contributed by atoms with van der Waals surface area (Å²) in [5.74, 6) is 1.12. The van der Waals surface area contributed by atoms with E-state index in [-0.39, 0.29) is 5.92 Å². The average molecular weight is 283 g/mol. The molecule has 1 N–H and O–H groups in total. The van der Waals surface area contributed by atoms with Crippen molar-refractivity contribution in [2.24, 2.45) is 0 Å². The van der Waals surface area contributed by atoms with Crippen LogP contribution in [-0.4, -0.2) is 16.6 Å². The van der Waals surface area contributed by atoms with Gasteiger partial charge >= 0.3 is 0 Å². The fourth-order valence-electron chi connectivity index (χ4n) is 2.05. The van der Waals surface area contributed by atoms with Gasteiger partial charge in [0.2, 0.25) is 0 Å². The van der Waals surface area contributed by atoms with Gasteiger partial charge in [0, 0.05) is 23.0 Å². The minimum absolute atomic E-state index is 0.194. The molecule has 3 heterocycles. The Labute approximate surface area is 101 Å². The summed E-state index contributed by atoms with van der Waals surface area (Å²) in [6.45, 7) is 3.22. The number of fused-ring (bicyclic) bond motifs is 1. The van der Waals surface area contributed by atoms with Crippen molar-refractivity contribution in [3.05, 3.63) is 39.8 Å². The fraction of sp³-hybridized carbons (Fsp3) is 0.364. The SMILES string of the molecule is Cc1ncc(C2COCc3c2coc3Br)[nH]1. The van der Waals surface area contributed by atoms with Crippen LogP contribution in [0.4, 0.5) is 0 Å². The molecule has 0 aromatic carbocycles. The van der Waals surface area contributed by atoms with E-state index in [9.17, 15) is 0 Å². The highest BCUT2D eigenvalue weighted by Gasteiger charge is 2.27. The number of imidazole rings is 1. The first-order valence-corrected chi connectivity index (χ1v) is 5.90. The molecule has 0 saturated carbocycles. The van der Waals surface area contributed by atoms with E-state index >= 15 is 0 Å². The third kappa shape index (κ3) is 1.51. The number of hydrogen-bond acceptors (Lipinski definition) is 3. The van der Waals surface area contributed by atoms with Gasteiger partial charge in [0.25, 0.3) is 0 Å². The number of nitrogens with zero attached hydrogens (tertiary/aromatic N) is 1. The molecule has 0 saturated heterocycles. The highest BCUT2D eigenvalue weighted by atomic mass is 79.9. The molecule has 1 atom stereocenters. The Balaban J connectivity index is 2.05. The maximum atomic E-state index is 5.57. The third-order valence-electron chi connectivity index (χ3n) is 2.88. The topological polar surface area (TPSA) is 51.1 Å². The highest BCUT2D eigenvalue weighted by molar-refractivity contribution is 9.10. The number of furan rings is 1. The summed E-state index contributed by atoms with van der Waals surface area (Å²) in [7, 11) is 0. The molecule has 0 aliphatic carbocycles. The Morgan fingerprint density at radius 2 is 2.44 bits per heavy atom. The summed E-state index contributed by atoms with van der Waals surface area (Å²) in [4.78, 5) is 7.47. The molecule has 3 rings (SSSR count). The zero-order valence-corrected chi connectivity index (χ0v) is 10.4. The van der Waals surface area contributed by atoms with Crippen molar-refractivity contribution >= 4 is 15.9 Å². The van der Waals surface area contributed by atoms with Crippen molar-refractivity contribution in [2.75, 3.05) is 6.61 Å². The van der Waals surface area contributed by atoms with Crippen LogP contribution in [0.1, 0.15) is 28.6 Å². The van der Waals surface area contributed by atoms with Gasteiger partial charge in [-0.25, -0.2) is 4.98 Å². The number of rotatable bonds is 1. The molecule has 2 aromatic rings. The van der Waals surface area contributed by atoms with Crippen LogP contribution >= 0.6 is 15.9 Å². The summed E-state index contributed by atoms with van der Waals surface area (Å²) in [5.41, 5.74) is 3.36. The van der Waals surface area contributed by atoms with Crippen LogP contribution in [0.2, 0.25) is 0 Å². The summed E-state index contributed by atoms with van der Waals surface area (Å²) in [6, 6.07) is 0. The van der Waals surface area contributed by atoms with Crippen LogP contribution in [-0.2, 0) is 11.3 Å². The largest absolute Gasteiger partial charge is 0.457 e. The van der Waals surface area contributed by atoms with E-state index in [0.29, 0.717) is 13.2 Å². The highest BCUT2D eigenvalue weighted by Crippen LogP contribution is 2.36. The number of halogens is 1. The zero-order chi connectivity index (χ0) is 11.1. The van der Waals surface area contributed by atoms with Crippen molar-refractivity contribution < 1.29 is 9.15 Å². The first-order valence-electron chi connectivity index (χ1n) is 5.10. The van der Waals surface area contributed by atoms with Crippen LogP contribution in [0.15, 0.2) is 21.5 Å². The maximum absolute atomic E-state index is 5.57. The Bertz CT molecular complexity index is 518. The Morgan fingerprint density at radius 3 is 3.19 bits per heavy atom. The second-order valence-electron chi connectivity index (χ2n) is 3.93. The molecule has 1 aliphatic rings. The van der Waals surface area contributed by atoms with Gasteiger partial charge in [-0.2, -0.15) is 0 Å². The van der Waals surface area contributed by atoms with Crippen molar-refractivity contribution in [3.63, 3.8) is 0 Å². The second-order valence-corrected chi connectivity index (χ2v) is 4.66. The van der Waals surface area contributed by atoms with Gasteiger partial charge in [0.15, 0.2) is 4.67 Å². The quantitative estimate of drug-likeness (QED) is 0.875. The van der Waals surface area contributed by atoms with Crippen LogP contribution in [0.5, 0.6) is 0 Å². The van der Waals surface area contributed by atoms with Crippen LogP contribution < -0.4 is 0 Å². The minimum atomic E-state index is 0.194. The van der Waals surface area contributed by atoms with E-state index in [1.807, 2.05) is 13.1 Å². The van der Waals surface area contributed by atoms with Gasteiger partial charge in [-0.3, -0.25) is 0 Å². The molecule has 1 aliphatic heterocycles. The Morgan fingerprint density at radius 1 is 1.56 bits per heavy atom. The summed E-state index contributed by atoms with van der Waals surface area (Å²) in [5, 5.41) is 0. The monoisotopic (exact) mass is 282 g/mol. The lowest BCUT2D eigenvalue weighted by Gasteiger charge is -2.21. The third-order valence-corrected chi connectivity index (χ3v) is 3.54. The first-order chi connectivity index (χ1) is 7.75. The summed E-state index contributed by atoms with van der Waals surface area (Å²) >= 11 is 3.38. The van der Waals surface area contributed by atoms with Gasteiger partial charge in [0.05, 0.1) is 25.4 Å². The predicted octanol–water partition coefficient (Wildman–Crippen LogP) is 2.74. The molecule has 2 aromatic heterocycles. The second kappa shape index (κ2) is 3.75. The van der Waals surface area contributed by atoms with Crippen LogP contribution in [0.3, 0.4) is 0 Å². The molecule has 0 bridgehead atoms. The van der Waals surface area contributed by atoms with E-state index < -0.39 is 0 Å². The first kappa shape index (κ1) is 10.1. The van der Waals surface area contributed by atoms with Crippen molar-refractivity contribution in [1.82, 2.24) is 9.97 Å². The van der Waals surface area contributed by atoms with Crippen molar-refractivity contribution in [2.45, 2.75) is 19.4 Å². The number of ether oxygens (including phenoxy) is 1. The van der Waals surface area contributed by atoms with Crippen molar-refractivity contribution in [1.29, 1.82) is 0 Å². The summed E-state index contributed by atoms with van der Waals surface area (Å²) < 4.78 is 11.7. The molecular weight excluding hydrogens is 272 g/mol. The number of aromatic nitrogens is 2. The van der Waals surface area contributed by atoms with Gasteiger partial charge in [-0.1, -0.05) is 0 Å². The molecule has 0 radical (unpaired) electrons. The lowest BCUT2D eigenvalue weighted by molar-refractivity contribution is 0.0986. The van der Waals surface area contributed by atoms with Gasteiger partial charge < -0.3 is 14.1 Å². The standard InChI is InChI=1S/C11H11BrN2O2/c1-6-13-2-10(14-6)8-3-15-4-9-7(8)5-16-11(9)12/h2,5,8H,3-4H2,1H3,(H,13,14). The normalized spacial score (nSPS) is 19.8. The minimum Gasteiger partial charge on any atom is -0.457 e. The van der Waals surface area contributed by atoms with Crippen LogP contribution in [0.25, 0.3) is 0 Å².